The van der Waals surface area contributed by atoms with Crippen molar-refractivity contribution in [2.45, 2.75) is 31.6 Å². The van der Waals surface area contributed by atoms with Gasteiger partial charge in [-0.25, -0.2) is 0 Å². The summed E-state index contributed by atoms with van der Waals surface area (Å²) in [7, 11) is 2.16. The van der Waals surface area contributed by atoms with Gasteiger partial charge in [0, 0.05) is 28.2 Å². The molecule has 4 rings (SSSR count). The SMILES string of the molecule is CN1CCC(C2c3ncc(Br)cc3CCc3cc(O)cc(O)c32)CC1. The van der Waals surface area contributed by atoms with Gasteiger partial charge in [0.2, 0.25) is 0 Å². The zero-order valence-electron chi connectivity index (χ0n) is 14.4. The standard InChI is InChI=1S/C20H23BrN2O2/c1-23-6-4-12(5-7-23)19-18-13(9-16(24)10-17(18)25)2-3-14-8-15(21)11-22-20(14)19/h8-12,19,24-25H,2-7H2,1H3. The first-order valence-corrected chi connectivity index (χ1v) is 9.70. The Morgan fingerprint density at radius 1 is 1.08 bits per heavy atom. The lowest BCUT2D eigenvalue weighted by Gasteiger charge is -2.35. The summed E-state index contributed by atoms with van der Waals surface area (Å²) in [5.41, 5.74) is 4.36. The molecule has 0 radical (unpaired) electrons. The summed E-state index contributed by atoms with van der Waals surface area (Å²) in [6.07, 6.45) is 5.74. The average Bonchev–Trinajstić information content (AvgIpc) is 2.72. The molecule has 1 aliphatic heterocycles. The minimum Gasteiger partial charge on any atom is -0.508 e. The average molecular weight is 403 g/mol. The predicted molar refractivity (Wildman–Crippen MR) is 101 cm³/mol. The molecule has 5 heteroatoms. The molecule has 1 saturated heterocycles. The van der Waals surface area contributed by atoms with Gasteiger partial charge >= 0.3 is 0 Å². The Morgan fingerprint density at radius 2 is 1.80 bits per heavy atom. The van der Waals surface area contributed by atoms with E-state index in [1.54, 1.807) is 0 Å². The van der Waals surface area contributed by atoms with E-state index in [1.807, 2.05) is 12.3 Å². The minimum atomic E-state index is 0.0925. The molecule has 1 unspecified atom stereocenters. The second kappa shape index (κ2) is 6.61. The largest absolute Gasteiger partial charge is 0.508 e. The van der Waals surface area contributed by atoms with Crippen molar-refractivity contribution < 1.29 is 10.2 Å². The van der Waals surface area contributed by atoms with E-state index in [0.29, 0.717) is 5.92 Å². The number of hydrogen-bond donors (Lipinski definition) is 2. The third kappa shape index (κ3) is 3.15. The molecule has 0 bridgehead atoms. The van der Waals surface area contributed by atoms with Crippen LogP contribution < -0.4 is 0 Å². The maximum Gasteiger partial charge on any atom is 0.123 e. The van der Waals surface area contributed by atoms with Gasteiger partial charge < -0.3 is 15.1 Å². The summed E-state index contributed by atoms with van der Waals surface area (Å²) in [6, 6.07) is 5.45. The van der Waals surface area contributed by atoms with Crippen LogP contribution in [-0.2, 0) is 12.8 Å². The first-order chi connectivity index (χ1) is 12.0. The lowest BCUT2D eigenvalue weighted by Crippen LogP contribution is -2.33. The molecule has 4 nitrogen and oxygen atoms in total. The summed E-state index contributed by atoms with van der Waals surface area (Å²) in [5.74, 6) is 0.890. The third-order valence-electron chi connectivity index (χ3n) is 5.70. The Bertz CT molecular complexity index is 801. The molecular formula is C20H23BrN2O2. The number of halogens is 1. The number of pyridine rings is 1. The molecule has 2 heterocycles. The van der Waals surface area contributed by atoms with Gasteiger partial charge in [0.05, 0.1) is 5.69 Å². The highest BCUT2D eigenvalue weighted by atomic mass is 79.9. The number of rotatable bonds is 1. The van der Waals surface area contributed by atoms with Gasteiger partial charge in [-0.15, -0.1) is 0 Å². The van der Waals surface area contributed by atoms with Crippen LogP contribution in [0, 0.1) is 5.92 Å². The van der Waals surface area contributed by atoms with Crippen LogP contribution >= 0.6 is 15.9 Å². The van der Waals surface area contributed by atoms with Crippen molar-refractivity contribution in [2.24, 2.45) is 5.92 Å². The smallest absolute Gasteiger partial charge is 0.123 e. The van der Waals surface area contributed by atoms with Crippen molar-refractivity contribution in [3.63, 3.8) is 0 Å². The molecular weight excluding hydrogens is 380 g/mol. The van der Waals surface area contributed by atoms with E-state index in [-0.39, 0.29) is 17.4 Å². The molecule has 0 amide bonds. The van der Waals surface area contributed by atoms with E-state index >= 15 is 0 Å². The lowest BCUT2D eigenvalue weighted by atomic mass is 9.76. The molecule has 1 aromatic heterocycles. The van der Waals surface area contributed by atoms with Gasteiger partial charge in [-0.3, -0.25) is 4.98 Å². The molecule has 0 spiro atoms. The normalized spacial score (nSPS) is 21.4. The highest BCUT2D eigenvalue weighted by Gasteiger charge is 2.35. The second-order valence-electron chi connectivity index (χ2n) is 7.35. The third-order valence-corrected chi connectivity index (χ3v) is 6.13. The summed E-state index contributed by atoms with van der Waals surface area (Å²) >= 11 is 3.54. The fourth-order valence-electron chi connectivity index (χ4n) is 4.45. The van der Waals surface area contributed by atoms with Crippen molar-refractivity contribution in [3.8, 4) is 11.5 Å². The number of aromatic hydroxyl groups is 2. The molecule has 1 aromatic carbocycles. The monoisotopic (exact) mass is 402 g/mol. The van der Waals surface area contributed by atoms with Crippen LogP contribution in [0.5, 0.6) is 11.5 Å². The van der Waals surface area contributed by atoms with Crippen molar-refractivity contribution in [2.75, 3.05) is 20.1 Å². The number of likely N-dealkylation sites (tertiary alicyclic amines) is 1. The van der Waals surface area contributed by atoms with E-state index in [0.717, 1.165) is 60.1 Å². The van der Waals surface area contributed by atoms with Gasteiger partial charge in [0.1, 0.15) is 11.5 Å². The van der Waals surface area contributed by atoms with Crippen molar-refractivity contribution in [3.05, 3.63) is 51.3 Å². The number of aromatic nitrogens is 1. The van der Waals surface area contributed by atoms with Gasteiger partial charge in [0.15, 0.2) is 0 Å². The van der Waals surface area contributed by atoms with Crippen LogP contribution in [0.25, 0.3) is 0 Å². The van der Waals surface area contributed by atoms with Gasteiger partial charge in [-0.1, -0.05) is 0 Å². The highest BCUT2D eigenvalue weighted by Crippen LogP contribution is 2.46. The molecule has 132 valence electrons. The number of phenols is 2. The molecule has 1 atom stereocenters. The van der Waals surface area contributed by atoms with Crippen LogP contribution in [0.1, 0.15) is 41.1 Å². The minimum absolute atomic E-state index is 0.0925. The van der Waals surface area contributed by atoms with E-state index in [4.69, 9.17) is 4.98 Å². The summed E-state index contributed by atoms with van der Waals surface area (Å²) < 4.78 is 0.992. The van der Waals surface area contributed by atoms with Gasteiger partial charge in [-0.2, -0.15) is 0 Å². The fraction of sp³-hybridized carbons (Fsp3) is 0.450. The first-order valence-electron chi connectivity index (χ1n) is 8.90. The molecule has 2 aliphatic rings. The van der Waals surface area contributed by atoms with Crippen LogP contribution in [0.4, 0.5) is 0 Å². The maximum absolute atomic E-state index is 10.7. The number of nitrogens with zero attached hydrogens (tertiary/aromatic N) is 2. The second-order valence-corrected chi connectivity index (χ2v) is 8.27. The fourth-order valence-corrected chi connectivity index (χ4v) is 4.82. The quantitative estimate of drug-likeness (QED) is 0.760. The number of fused-ring (bicyclic) bond motifs is 2. The number of aryl methyl sites for hydroxylation is 2. The van der Waals surface area contributed by atoms with Crippen LogP contribution in [0.3, 0.4) is 0 Å². The molecule has 1 fully saturated rings. The number of benzene rings is 1. The topological polar surface area (TPSA) is 56.6 Å². The first kappa shape index (κ1) is 16.9. The van der Waals surface area contributed by atoms with Crippen LogP contribution in [-0.4, -0.2) is 40.2 Å². The summed E-state index contributed by atoms with van der Waals surface area (Å²) in [4.78, 5) is 7.14. The highest BCUT2D eigenvalue weighted by molar-refractivity contribution is 9.10. The zero-order valence-corrected chi connectivity index (χ0v) is 16.0. The van der Waals surface area contributed by atoms with Gasteiger partial charge in [-0.05, 0) is 90.9 Å². The zero-order chi connectivity index (χ0) is 17.6. The Kier molecular flexibility index (Phi) is 4.46. The van der Waals surface area contributed by atoms with E-state index in [9.17, 15) is 10.2 Å². The van der Waals surface area contributed by atoms with Crippen molar-refractivity contribution >= 4 is 15.9 Å². The Hall–Kier alpha value is -1.59. The number of piperidine rings is 1. The van der Waals surface area contributed by atoms with E-state index in [2.05, 4.69) is 33.9 Å². The van der Waals surface area contributed by atoms with Crippen LogP contribution in [0.2, 0.25) is 0 Å². The Balaban J connectivity index is 1.87. The molecule has 2 N–H and O–H groups in total. The molecule has 25 heavy (non-hydrogen) atoms. The van der Waals surface area contributed by atoms with E-state index in [1.165, 1.54) is 11.6 Å². The number of phenolic OH excluding ortho intramolecular Hbond substituents is 2. The maximum atomic E-state index is 10.7. The Labute approximate surface area is 156 Å². The number of hydrogen-bond acceptors (Lipinski definition) is 4. The van der Waals surface area contributed by atoms with Crippen molar-refractivity contribution in [1.29, 1.82) is 0 Å². The Morgan fingerprint density at radius 3 is 2.56 bits per heavy atom. The molecule has 0 saturated carbocycles. The lowest BCUT2D eigenvalue weighted by molar-refractivity contribution is 0.205. The van der Waals surface area contributed by atoms with E-state index < -0.39 is 0 Å². The van der Waals surface area contributed by atoms with Crippen LogP contribution in [0.15, 0.2) is 28.9 Å². The summed E-state index contributed by atoms with van der Waals surface area (Å²) in [6.45, 7) is 2.14. The predicted octanol–water partition coefficient (Wildman–Crippen LogP) is 3.83. The molecule has 2 aromatic rings. The summed E-state index contributed by atoms with van der Waals surface area (Å²) in [5, 5.41) is 20.7. The molecule has 1 aliphatic carbocycles. The van der Waals surface area contributed by atoms with Gasteiger partial charge in [0.25, 0.3) is 0 Å². The van der Waals surface area contributed by atoms with Crippen molar-refractivity contribution in [1.82, 2.24) is 9.88 Å².